The van der Waals surface area contributed by atoms with E-state index in [0.29, 0.717) is 22.8 Å². The van der Waals surface area contributed by atoms with Gasteiger partial charge < -0.3 is 14.6 Å². The highest BCUT2D eigenvalue weighted by molar-refractivity contribution is 6.32. The number of benzene rings is 1. The highest BCUT2D eigenvalue weighted by atomic mass is 35.5. The van der Waals surface area contributed by atoms with Crippen molar-refractivity contribution >= 4 is 23.6 Å². The van der Waals surface area contributed by atoms with E-state index in [9.17, 15) is 18.0 Å². The van der Waals surface area contributed by atoms with E-state index in [-0.39, 0.29) is 17.9 Å². The average Bonchev–Trinajstić information content (AvgIpc) is 2.45. The molecular formula is C15H14ClF3O4. The first kappa shape index (κ1) is 17.6. The predicted molar refractivity (Wildman–Crippen MR) is 77.6 cm³/mol. The summed E-state index contributed by atoms with van der Waals surface area (Å²) in [5.74, 6) is -1.76. The van der Waals surface area contributed by atoms with Crippen LogP contribution < -0.4 is 4.74 Å². The van der Waals surface area contributed by atoms with Crippen LogP contribution in [0, 0.1) is 6.92 Å². The van der Waals surface area contributed by atoms with Crippen molar-refractivity contribution in [2.24, 2.45) is 0 Å². The molecule has 0 spiro atoms. The molecule has 126 valence electrons. The lowest BCUT2D eigenvalue weighted by molar-refractivity contribution is -0.187. The fourth-order valence-electron chi connectivity index (χ4n) is 2.28. The number of hydrogen-bond donors (Lipinski definition) is 1. The van der Waals surface area contributed by atoms with Crippen molar-refractivity contribution in [3.63, 3.8) is 0 Å². The number of hydrogen-bond acceptors (Lipinski definition) is 3. The van der Waals surface area contributed by atoms with E-state index in [2.05, 4.69) is 0 Å². The summed E-state index contributed by atoms with van der Waals surface area (Å²) >= 11 is 6.19. The fourth-order valence-corrected chi connectivity index (χ4v) is 2.49. The number of aliphatic carboxylic acids is 1. The summed E-state index contributed by atoms with van der Waals surface area (Å²) in [5.41, 5.74) is 0.241. The minimum Gasteiger partial charge on any atom is -0.478 e. The normalized spacial score (nSPS) is 17.3. The molecule has 0 aromatic heterocycles. The van der Waals surface area contributed by atoms with E-state index in [0.717, 1.165) is 6.08 Å². The molecule has 8 heteroatoms. The number of halogens is 4. The largest absolute Gasteiger partial charge is 0.478 e. The summed E-state index contributed by atoms with van der Waals surface area (Å²) in [6.45, 7) is 3.80. The van der Waals surface area contributed by atoms with Crippen LogP contribution in [0.3, 0.4) is 0 Å². The van der Waals surface area contributed by atoms with Gasteiger partial charge in [0.2, 0.25) is 6.10 Å². The van der Waals surface area contributed by atoms with Gasteiger partial charge in [-0.25, -0.2) is 4.79 Å². The molecule has 0 bridgehead atoms. The lowest BCUT2D eigenvalue weighted by Crippen LogP contribution is -2.40. The molecule has 23 heavy (non-hydrogen) atoms. The van der Waals surface area contributed by atoms with Gasteiger partial charge in [-0.3, -0.25) is 0 Å². The van der Waals surface area contributed by atoms with Gasteiger partial charge in [0.25, 0.3) is 0 Å². The van der Waals surface area contributed by atoms with Crippen LogP contribution in [-0.4, -0.2) is 30.0 Å². The van der Waals surface area contributed by atoms with Crippen LogP contribution in [0.25, 0.3) is 6.08 Å². The highest BCUT2D eigenvalue weighted by Crippen LogP contribution is 2.42. The van der Waals surface area contributed by atoms with Gasteiger partial charge in [-0.05, 0) is 31.6 Å². The number of rotatable bonds is 4. The Morgan fingerprint density at radius 1 is 1.48 bits per heavy atom. The Balaban J connectivity index is 2.63. The number of alkyl halides is 3. The van der Waals surface area contributed by atoms with Gasteiger partial charge >= 0.3 is 12.1 Å². The van der Waals surface area contributed by atoms with Gasteiger partial charge in [-0.15, -0.1) is 0 Å². The molecule has 1 aliphatic rings. The molecule has 0 amide bonds. The summed E-state index contributed by atoms with van der Waals surface area (Å²) in [6.07, 6.45) is -6.40. The molecule has 2 rings (SSSR count). The molecular weight excluding hydrogens is 337 g/mol. The second kappa shape index (κ2) is 6.41. The molecule has 1 aromatic rings. The Morgan fingerprint density at radius 3 is 2.65 bits per heavy atom. The van der Waals surface area contributed by atoms with E-state index in [1.165, 1.54) is 6.07 Å². The number of carbonyl (C=O) groups is 1. The van der Waals surface area contributed by atoms with Crippen molar-refractivity contribution in [2.75, 3.05) is 6.61 Å². The molecule has 0 saturated carbocycles. The smallest absolute Gasteiger partial charge is 0.430 e. The zero-order chi connectivity index (χ0) is 17.4. The van der Waals surface area contributed by atoms with Crippen molar-refractivity contribution in [1.29, 1.82) is 0 Å². The first-order chi connectivity index (χ1) is 10.7. The number of fused-ring (bicyclic) bond motifs is 1. The molecule has 0 saturated heterocycles. The molecule has 1 N–H and O–H groups in total. The van der Waals surface area contributed by atoms with Crippen LogP contribution in [0.5, 0.6) is 5.75 Å². The van der Waals surface area contributed by atoms with Gasteiger partial charge in [0.05, 0.1) is 12.2 Å². The second-order valence-corrected chi connectivity index (χ2v) is 5.36. The van der Waals surface area contributed by atoms with Crippen molar-refractivity contribution < 1.29 is 32.5 Å². The summed E-state index contributed by atoms with van der Waals surface area (Å²) in [4.78, 5) is 11.2. The Hall–Kier alpha value is -1.73. The molecule has 0 aliphatic carbocycles. The molecule has 1 aromatic carbocycles. The maximum atomic E-state index is 13.0. The van der Waals surface area contributed by atoms with Crippen molar-refractivity contribution in [3.8, 4) is 5.75 Å². The zero-order valence-electron chi connectivity index (χ0n) is 12.3. The summed E-state index contributed by atoms with van der Waals surface area (Å²) in [6, 6.07) is 1.36. The number of ether oxygens (including phenoxy) is 2. The Morgan fingerprint density at radius 2 is 2.13 bits per heavy atom. The third kappa shape index (κ3) is 3.45. The molecule has 4 nitrogen and oxygen atoms in total. The van der Waals surface area contributed by atoms with Crippen molar-refractivity contribution in [3.05, 3.63) is 33.4 Å². The van der Waals surface area contributed by atoms with Crippen LogP contribution >= 0.6 is 11.6 Å². The van der Waals surface area contributed by atoms with Gasteiger partial charge in [0, 0.05) is 22.8 Å². The van der Waals surface area contributed by atoms with Gasteiger partial charge in [-0.2, -0.15) is 13.2 Å². The van der Waals surface area contributed by atoms with Gasteiger partial charge in [0.15, 0.2) is 0 Å². The topological polar surface area (TPSA) is 55.8 Å². The zero-order valence-corrected chi connectivity index (χ0v) is 13.1. The average molecular weight is 351 g/mol. The lowest BCUT2D eigenvalue weighted by Gasteiger charge is -2.29. The molecule has 1 aliphatic heterocycles. The van der Waals surface area contributed by atoms with Crippen LogP contribution in [0.4, 0.5) is 13.2 Å². The van der Waals surface area contributed by atoms with Crippen LogP contribution in [0.1, 0.15) is 23.6 Å². The van der Waals surface area contributed by atoms with Gasteiger partial charge in [-0.1, -0.05) is 11.6 Å². The minimum absolute atomic E-state index is 0.0444. The van der Waals surface area contributed by atoms with E-state index >= 15 is 0 Å². The van der Waals surface area contributed by atoms with E-state index in [4.69, 9.17) is 26.2 Å². The second-order valence-electron chi connectivity index (χ2n) is 4.98. The number of carboxylic acids is 1. The number of aryl methyl sites for hydroxylation is 1. The van der Waals surface area contributed by atoms with E-state index in [1.54, 1.807) is 13.8 Å². The fraction of sp³-hybridized carbons (Fsp3) is 0.400. The first-order valence-corrected chi connectivity index (χ1v) is 7.12. The summed E-state index contributed by atoms with van der Waals surface area (Å²) in [5, 5.41) is 9.39. The lowest BCUT2D eigenvalue weighted by atomic mass is 9.96. The molecule has 0 fully saturated rings. The monoisotopic (exact) mass is 350 g/mol. The third-order valence-electron chi connectivity index (χ3n) is 3.37. The Kier molecular flexibility index (Phi) is 4.91. The number of carboxylic acid groups (broad SMARTS) is 1. The van der Waals surface area contributed by atoms with E-state index in [1.807, 2.05) is 0 Å². The van der Waals surface area contributed by atoms with Gasteiger partial charge in [0.1, 0.15) is 5.75 Å². The Bertz CT molecular complexity index is 668. The minimum atomic E-state index is -4.84. The predicted octanol–water partition coefficient (Wildman–Crippen LogP) is 3.98. The molecule has 1 heterocycles. The van der Waals surface area contributed by atoms with Crippen LogP contribution in [0.15, 0.2) is 11.6 Å². The summed E-state index contributed by atoms with van der Waals surface area (Å²) in [7, 11) is 0. The Labute approximate surface area is 135 Å². The van der Waals surface area contributed by atoms with E-state index < -0.39 is 23.8 Å². The maximum absolute atomic E-state index is 13.0. The SMILES string of the molecule is CCOCc1c(Cl)c(C)cc2c1C=C(C(=O)O)C(C(F)(F)F)O2. The van der Waals surface area contributed by atoms with Crippen LogP contribution in [0.2, 0.25) is 5.02 Å². The highest BCUT2D eigenvalue weighted by Gasteiger charge is 2.48. The third-order valence-corrected chi connectivity index (χ3v) is 3.90. The quantitative estimate of drug-likeness (QED) is 0.892. The summed E-state index contributed by atoms with van der Waals surface area (Å²) < 4.78 is 49.4. The molecule has 0 radical (unpaired) electrons. The maximum Gasteiger partial charge on any atom is 0.430 e. The van der Waals surface area contributed by atoms with Crippen molar-refractivity contribution in [2.45, 2.75) is 32.7 Å². The van der Waals surface area contributed by atoms with Crippen molar-refractivity contribution in [1.82, 2.24) is 0 Å². The standard InChI is InChI=1S/C15H14ClF3O4/c1-3-22-6-10-8-5-9(14(20)21)13(15(17,18)19)23-11(8)4-7(2)12(10)16/h4-5,13H,3,6H2,1-2H3,(H,20,21). The molecule has 1 atom stereocenters. The van der Waals surface area contributed by atoms with Crippen LogP contribution in [-0.2, 0) is 16.1 Å². The first-order valence-electron chi connectivity index (χ1n) is 6.74. The molecule has 1 unspecified atom stereocenters.